The third-order valence-corrected chi connectivity index (χ3v) is 5.33. The molecule has 6 nitrogen and oxygen atoms in total. The van der Waals surface area contributed by atoms with Gasteiger partial charge in [0.15, 0.2) is 0 Å². The van der Waals surface area contributed by atoms with Crippen LogP contribution in [0, 0.1) is 0 Å². The van der Waals surface area contributed by atoms with Crippen LogP contribution in [0.2, 0.25) is 0 Å². The molecule has 1 saturated heterocycles. The number of anilines is 2. The van der Waals surface area contributed by atoms with Crippen molar-refractivity contribution in [1.29, 1.82) is 0 Å². The topological polar surface area (TPSA) is 77.9 Å². The summed E-state index contributed by atoms with van der Waals surface area (Å²) in [6, 6.07) is 7.82. The molecule has 26 heavy (non-hydrogen) atoms. The summed E-state index contributed by atoms with van der Waals surface area (Å²) in [5.74, 6) is -1.13. The van der Waals surface area contributed by atoms with Gasteiger partial charge in [-0.15, -0.1) is 0 Å². The average Bonchev–Trinajstić information content (AvgIpc) is 2.63. The largest absolute Gasteiger partial charge is 0.481 e. The van der Waals surface area contributed by atoms with E-state index in [1.807, 2.05) is 24.3 Å². The van der Waals surface area contributed by atoms with Gasteiger partial charge in [0.05, 0.1) is 0 Å². The molecule has 1 saturated carbocycles. The zero-order chi connectivity index (χ0) is 18.5. The van der Waals surface area contributed by atoms with Gasteiger partial charge in [0.2, 0.25) is 5.91 Å². The monoisotopic (exact) mass is 358 g/mol. The van der Waals surface area contributed by atoms with E-state index < -0.39 is 12.4 Å². The van der Waals surface area contributed by atoms with Crippen LogP contribution in [0.25, 0.3) is 0 Å². The Morgan fingerprint density at radius 2 is 1.65 bits per heavy atom. The number of ketones is 1. The van der Waals surface area contributed by atoms with Gasteiger partial charge in [-0.05, 0) is 37.1 Å². The lowest BCUT2D eigenvalue weighted by Gasteiger charge is -2.35. The Morgan fingerprint density at radius 3 is 2.23 bits per heavy atom. The lowest BCUT2D eigenvalue weighted by Crippen LogP contribution is -2.42. The minimum Gasteiger partial charge on any atom is -0.481 e. The summed E-state index contributed by atoms with van der Waals surface area (Å²) >= 11 is 0. The van der Waals surface area contributed by atoms with E-state index in [1.165, 1.54) is 6.42 Å². The number of benzene rings is 1. The summed E-state index contributed by atoms with van der Waals surface area (Å²) in [5, 5.41) is 9.03. The second-order valence-electron chi connectivity index (χ2n) is 7.17. The molecular weight excluding hydrogens is 332 g/mol. The van der Waals surface area contributed by atoms with Crippen LogP contribution in [0.5, 0.6) is 0 Å². The summed E-state index contributed by atoms with van der Waals surface area (Å²) in [7, 11) is 0. The summed E-state index contributed by atoms with van der Waals surface area (Å²) < 4.78 is 0. The molecule has 1 N–H and O–H groups in total. The van der Waals surface area contributed by atoms with Crippen molar-refractivity contribution < 1.29 is 19.5 Å². The lowest BCUT2D eigenvalue weighted by atomic mass is 9.93. The highest BCUT2D eigenvalue weighted by atomic mass is 16.4. The van der Waals surface area contributed by atoms with Gasteiger partial charge in [-0.2, -0.15) is 0 Å². The Hall–Kier alpha value is -2.37. The molecule has 1 aromatic rings. The molecule has 140 valence electrons. The number of nitrogens with zero attached hydrogens (tertiary/aromatic N) is 2. The molecule has 2 aliphatic rings. The number of carbonyl (C=O) groups excluding carboxylic acids is 2. The fourth-order valence-corrected chi connectivity index (χ4v) is 3.95. The number of carboxylic acids is 1. The van der Waals surface area contributed by atoms with E-state index in [4.69, 9.17) is 5.11 Å². The molecule has 1 amide bonds. The van der Waals surface area contributed by atoms with Gasteiger partial charge in [-0.1, -0.05) is 19.3 Å². The highest BCUT2D eigenvalue weighted by molar-refractivity contribution is 6.03. The molecule has 2 fully saturated rings. The fraction of sp³-hybridized carbons (Fsp3) is 0.550. The van der Waals surface area contributed by atoms with Crippen LogP contribution in [-0.2, 0) is 14.4 Å². The third-order valence-electron chi connectivity index (χ3n) is 5.33. The van der Waals surface area contributed by atoms with Crippen LogP contribution in [0.4, 0.5) is 11.4 Å². The third kappa shape index (κ3) is 4.42. The van der Waals surface area contributed by atoms with Crippen LogP contribution in [0.3, 0.4) is 0 Å². The van der Waals surface area contributed by atoms with Crippen LogP contribution in [0.1, 0.15) is 51.4 Å². The van der Waals surface area contributed by atoms with Gasteiger partial charge >= 0.3 is 5.97 Å². The van der Waals surface area contributed by atoms with Crippen molar-refractivity contribution in [1.82, 2.24) is 0 Å². The number of carboxylic acid groups (broad SMARTS) is 1. The Kier molecular flexibility index (Phi) is 5.91. The molecule has 1 aromatic carbocycles. The Bertz CT molecular complexity index is 655. The Labute approximate surface area is 153 Å². The van der Waals surface area contributed by atoms with E-state index in [-0.39, 0.29) is 11.9 Å². The smallest absolute Gasteiger partial charge is 0.312 e. The maximum absolute atomic E-state index is 12.6. The quantitative estimate of drug-likeness (QED) is 0.819. The van der Waals surface area contributed by atoms with Crippen molar-refractivity contribution >= 4 is 29.0 Å². The van der Waals surface area contributed by atoms with E-state index in [9.17, 15) is 14.4 Å². The van der Waals surface area contributed by atoms with Crippen LogP contribution in [-0.4, -0.2) is 41.9 Å². The predicted molar refractivity (Wildman–Crippen MR) is 99.5 cm³/mol. The number of rotatable bonds is 5. The second kappa shape index (κ2) is 8.34. The molecule has 0 aromatic heterocycles. The molecule has 6 heteroatoms. The summed E-state index contributed by atoms with van der Waals surface area (Å²) in [6.45, 7) is 1.45. The van der Waals surface area contributed by atoms with Crippen LogP contribution < -0.4 is 9.80 Å². The number of piperidine rings is 1. The maximum Gasteiger partial charge on any atom is 0.312 e. The van der Waals surface area contributed by atoms with Gasteiger partial charge < -0.3 is 14.9 Å². The average molecular weight is 358 g/mol. The first-order valence-electron chi connectivity index (χ1n) is 9.45. The Morgan fingerprint density at radius 1 is 1.04 bits per heavy atom. The van der Waals surface area contributed by atoms with Gasteiger partial charge in [0.1, 0.15) is 12.2 Å². The number of Topliss-reactive ketones (excluding diaryl/α,β-unsaturated/α-hetero) is 1. The summed E-state index contributed by atoms with van der Waals surface area (Å²) in [5.41, 5.74) is 1.80. The molecule has 0 bridgehead atoms. The predicted octanol–water partition coefficient (Wildman–Crippen LogP) is 3.00. The Balaban J connectivity index is 1.78. The number of carbonyl (C=O) groups is 3. The molecule has 1 aliphatic heterocycles. The minimum atomic E-state index is -1.09. The molecular formula is C20H26N2O4. The molecule has 3 rings (SSSR count). The van der Waals surface area contributed by atoms with E-state index in [1.54, 1.807) is 4.90 Å². The first-order valence-corrected chi connectivity index (χ1v) is 9.45. The molecule has 0 unspecified atom stereocenters. The lowest BCUT2D eigenvalue weighted by molar-refractivity contribution is -0.140. The minimum absolute atomic E-state index is 0.0778. The van der Waals surface area contributed by atoms with Crippen LogP contribution in [0.15, 0.2) is 24.3 Å². The maximum atomic E-state index is 12.6. The van der Waals surface area contributed by atoms with Gasteiger partial charge in [-0.3, -0.25) is 14.4 Å². The van der Waals surface area contributed by atoms with Crippen molar-refractivity contribution in [2.24, 2.45) is 0 Å². The summed E-state index contributed by atoms with van der Waals surface area (Å²) in [6.07, 6.45) is 5.82. The first kappa shape index (κ1) is 18.4. The normalized spacial score (nSPS) is 18.6. The number of hydrogen-bond donors (Lipinski definition) is 1. The molecule has 0 radical (unpaired) electrons. The van der Waals surface area contributed by atoms with Crippen molar-refractivity contribution in [3.05, 3.63) is 24.3 Å². The number of aliphatic carboxylic acids is 1. The molecule has 0 spiro atoms. The van der Waals surface area contributed by atoms with Gasteiger partial charge in [0.25, 0.3) is 0 Å². The van der Waals surface area contributed by atoms with E-state index in [0.717, 1.165) is 50.1 Å². The first-order chi connectivity index (χ1) is 12.5. The van der Waals surface area contributed by atoms with Gasteiger partial charge in [-0.25, -0.2) is 0 Å². The van der Waals surface area contributed by atoms with Crippen molar-refractivity contribution in [2.75, 3.05) is 22.9 Å². The fourth-order valence-electron chi connectivity index (χ4n) is 3.95. The van der Waals surface area contributed by atoms with E-state index in [0.29, 0.717) is 18.6 Å². The number of amides is 1. The van der Waals surface area contributed by atoms with E-state index in [2.05, 4.69) is 4.90 Å². The van der Waals surface area contributed by atoms with E-state index >= 15 is 0 Å². The molecule has 1 heterocycles. The van der Waals surface area contributed by atoms with Gasteiger partial charge in [0, 0.05) is 43.3 Å². The molecule has 1 aliphatic carbocycles. The highest BCUT2D eigenvalue weighted by Gasteiger charge is 2.28. The standard InChI is InChI=1S/C20H26N2O4/c23-18-10-12-21(13-11-18)15-6-8-17(9-7-15)22(19(24)14-20(25)26)16-4-2-1-3-5-16/h6-9,16H,1-5,10-14H2,(H,25,26). The zero-order valence-electron chi connectivity index (χ0n) is 15.0. The SMILES string of the molecule is O=C(O)CC(=O)N(c1ccc(N2CCC(=O)CC2)cc1)C1CCCCC1. The zero-order valence-corrected chi connectivity index (χ0v) is 15.0. The van der Waals surface area contributed by atoms with Crippen molar-refractivity contribution in [2.45, 2.75) is 57.4 Å². The number of hydrogen-bond acceptors (Lipinski definition) is 4. The molecule has 0 atom stereocenters. The van der Waals surface area contributed by atoms with Crippen molar-refractivity contribution in [3.8, 4) is 0 Å². The second-order valence-corrected chi connectivity index (χ2v) is 7.17. The highest BCUT2D eigenvalue weighted by Crippen LogP contribution is 2.30. The summed E-state index contributed by atoms with van der Waals surface area (Å²) in [4.78, 5) is 38.9. The van der Waals surface area contributed by atoms with Crippen molar-refractivity contribution in [3.63, 3.8) is 0 Å². The van der Waals surface area contributed by atoms with Crippen LogP contribution >= 0.6 is 0 Å².